The molecule has 0 saturated heterocycles. The van der Waals surface area contributed by atoms with E-state index >= 15 is 0 Å². The van der Waals surface area contributed by atoms with E-state index in [4.69, 9.17) is 5.11 Å². The first-order valence-corrected chi connectivity index (χ1v) is 10.3. The van der Waals surface area contributed by atoms with Crippen LogP contribution in [-0.2, 0) is 0 Å². The molecular weight excluding hydrogens is 282 g/mol. The fourth-order valence-corrected chi connectivity index (χ4v) is 2.81. The molecule has 1 atom stereocenters. The second kappa shape index (κ2) is 19.7. The molecule has 0 heterocycles. The predicted molar refractivity (Wildman–Crippen MR) is 104 cm³/mol. The van der Waals surface area contributed by atoms with Crippen LogP contribution in [0.4, 0.5) is 0 Å². The number of hydrogen-bond donors (Lipinski definition) is 2. The third-order valence-corrected chi connectivity index (χ3v) is 4.31. The summed E-state index contributed by atoms with van der Waals surface area (Å²) in [6.07, 6.45) is 23.6. The fourth-order valence-electron chi connectivity index (χ4n) is 2.81. The minimum Gasteiger partial charge on any atom is -0.392 e. The highest BCUT2D eigenvalue weighted by molar-refractivity contribution is 4.81. The molecular formula is C21H43NO. The zero-order valence-corrected chi connectivity index (χ0v) is 16.0. The van der Waals surface area contributed by atoms with Crippen molar-refractivity contribution in [2.75, 3.05) is 13.1 Å². The maximum Gasteiger partial charge on any atom is 0.0636 e. The monoisotopic (exact) mass is 325 g/mol. The van der Waals surface area contributed by atoms with E-state index in [-0.39, 0.29) is 6.10 Å². The smallest absolute Gasteiger partial charge is 0.0636 e. The molecule has 0 aliphatic heterocycles. The summed E-state index contributed by atoms with van der Waals surface area (Å²) in [4.78, 5) is 0. The number of unbranched alkanes of at least 4 members (excludes halogenated alkanes) is 12. The Morgan fingerprint density at radius 1 is 0.739 bits per heavy atom. The molecule has 2 nitrogen and oxygen atoms in total. The third kappa shape index (κ3) is 21.7. The van der Waals surface area contributed by atoms with Crippen LogP contribution < -0.4 is 5.32 Å². The average Bonchev–Trinajstić information content (AvgIpc) is 2.53. The van der Waals surface area contributed by atoms with Crippen LogP contribution in [0.5, 0.6) is 0 Å². The van der Waals surface area contributed by atoms with Crippen molar-refractivity contribution in [3.63, 3.8) is 0 Å². The zero-order valence-electron chi connectivity index (χ0n) is 16.0. The fraction of sp³-hybridized carbons (Fsp3) is 0.905. The minimum atomic E-state index is -0.218. The summed E-state index contributed by atoms with van der Waals surface area (Å²) in [5.74, 6) is 0. The molecule has 0 radical (unpaired) electrons. The Bertz CT molecular complexity index is 238. The summed E-state index contributed by atoms with van der Waals surface area (Å²) in [6, 6.07) is 0. The van der Waals surface area contributed by atoms with Crippen LogP contribution in [0.2, 0.25) is 0 Å². The van der Waals surface area contributed by atoms with Gasteiger partial charge in [0.1, 0.15) is 0 Å². The van der Waals surface area contributed by atoms with Crippen LogP contribution in [0, 0.1) is 0 Å². The summed E-state index contributed by atoms with van der Waals surface area (Å²) in [7, 11) is 0. The van der Waals surface area contributed by atoms with Crippen LogP contribution in [-0.4, -0.2) is 24.3 Å². The maximum atomic E-state index is 9.12. The molecule has 138 valence electrons. The van der Waals surface area contributed by atoms with Crippen molar-refractivity contribution in [2.45, 2.75) is 110 Å². The van der Waals surface area contributed by atoms with Crippen LogP contribution in [0.3, 0.4) is 0 Å². The Balaban J connectivity index is 3.05. The summed E-state index contributed by atoms with van der Waals surface area (Å²) < 4.78 is 0. The first-order chi connectivity index (χ1) is 11.3. The van der Waals surface area contributed by atoms with E-state index in [1.165, 1.54) is 89.9 Å². The van der Waals surface area contributed by atoms with Crippen molar-refractivity contribution in [2.24, 2.45) is 0 Å². The van der Waals surface area contributed by atoms with Gasteiger partial charge in [-0.25, -0.2) is 0 Å². The topological polar surface area (TPSA) is 32.3 Å². The van der Waals surface area contributed by atoms with Crippen LogP contribution >= 0.6 is 0 Å². The van der Waals surface area contributed by atoms with E-state index in [0.717, 1.165) is 13.1 Å². The van der Waals surface area contributed by atoms with Crippen LogP contribution in [0.15, 0.2) is 12.2 Å². The van der Waals surface area contributed by atoms with E-state index in [0.29, 0.717) is 0 Å². The molecule has 0 saturated carbocycles. The second-order valence-corrected chi connectivity index (χ2v) is 6.99. The largest absolute Gasteiger partial charge is 0.392 e. The molecule has 0 aliphatic rings. The number of aliphatic hydroxyl groups is 1. The SMILES string of the molecule is CCCCCCCCC=CCCCCCCCCNCC(C)O. The van der Waals surface area contributed by atoms with Crippen LogP contribution in [0.1, 0.15) is 104 Å². The lowest BCUT2D eigenvalue weighted by Gasteiger charge is -2.06. The van der Waals surface area contributed by atoms with E-state index in [1.807, 2.05) is 6.92 Å². The summed E-state index contributed by atoms with van der Waals surface area (Å²) in [5.41, 5.74) is 0. The Kier molecular flexibility index (Phi) is 19.4. The van der Waals surface area contributed by atoms with E-state index in [2.05, 4.69) is 24.4 Å². The molecule has 23 heavy (non-hydrogen) atoms. The predicted octanol–water partition coefficient (Wildman–Crippen LogP) is 5.99. The van der Waals surface area contributed by atoms with Gasteiger partial charge >= 0.3 is 0 Å². The van der Waals surface area contributed by atoms with Crippen molar-refractivity contribution >= 4 is 0 Å². The highest BCUT2D eigenvalue weighted by Gasteiger charge is 1.94. The number of nitrogens with one attached hydrogen (secondary N) is 1. The molecule has 0 aromatic heterocycles. The van der Waals surface area contributed by atoms with Gasteiger partial charge in [-0.1, -0.05) is 76.9 Å². The molecule has 2 heteroatoms. The van der Waals surface area contributed by atoms with Crippen molar-refractivity contribution in [3.05, 3.63) is 12.2 Å². The zero-order chi connectivity index (χ0) is 17.0. The molecule has 2 N–H and O–H groups in total. The van der Waals surface area contributed by atoms with Gasteiger partial charge in [-0.2, -0.15) is 0 Å². The molecule has 0 aromatic rings. The number of allylic oxidation sites excluding steroid dienone is 2. The molecule has 0 rings (SSSR count). The molecule has 1 unspecified atom stereocenters. The normalized spacial score (nSPS) is 13.0. The molecule has 0 fully saturated rings. The lowest BCUT2D eigenvalue weighted by molar-refractivity contribution is 0.191. The van der Waals surface area contributed by atoms with E-state index < -0.39 is 0 Å². The van der Waals surface area contributed by atoms with Crippen molar-refractivity contribution in [1.82, 2.24) is 5.32 Å². The first-order valence-electron chi connectivity index (χ1n) is 10.3. The minimum absolute atomic E-state index is 0.218. The van der Waals surface area contributed by atoms with Gasteiger partial charge in [0.2, 0.25) is 0 Å². The number of rotatable bonds is 18. The standard InChI is InChI=1S/C21H43NO/c1-3-4-5-6-7-8-9-10-11-12-13-14-15-16-17-18-19-22-20-21(2)23/h10-11,21-23H,3-9,12-20H2,1-2H3. The van der Waals surface area contributed by atoms with Gasteiger partial charge in [0.05, 0.1) is 6.10 Å². The third-order valence-electron chi connectivity index (χ3n) is 4.31. The Hall–Kier alpha value is -0.340. The maximum absolute atomic E-state index is 9.12. The summed E-state index contributed by atoms with van der Waals surface area (Å²) in [6.45, 7) is 5.88. The van der Waals surface area contributed by atoms with Gasteiger partial charge in [0.15, 0.2) is 0 Å². The highest BCUT2D eigenvalue weighted by Crippen LogP contribution is 2.09. The van der Waals surface area contributed by atoms with Crippen molar-refractivity contribution in [3.8, 4) is 0 Å². The highest BCUT2D eigenvalue weighted by atomic mass is 16.3. The quantitative estimate of drug-likeness (QED) is 0.239. The Morgan fingerprint density at radius 3 is 1.74 bits per heavy atom. The lowest BCUT2D eigenvalue weighted by Crippen LogP contribution is -2.25. The molecule has 0 bridgehead atoms. The van der Waals surface area contributed by atoms with Crippen molar-refractivity contribution < 1.29 is 5.11 Å². The second-order valence-electron chi connectivity index (χ2n) is 6.99. The van der Waals surface area contributed by atoms with Gasteiger partial charge in [-0.3, -0.25) is 0 Å². The van der Waals surface area contributed by atoms with Gasteiger partial charge < -0.3 is 10.4 Å². The van der Waals surface area contributed by atoms with E-state index in [9.17, 15) is 0 Å². The summed E-state index contributed by atoms with van der Waals surface area (Å²) >= 11 is 0. The first kappa shape index (κ1) is 22.7. The van der Waals surface area contributed by atoms with E-state index in [1.54, 1.807) is 0 Å². The number of aliphatic hydroxyl groups excluding tert-OH is 1. The average molecular weight is 326 g/mol. The molecule has 0 aromatic carbocycles. The van der Waals surface area contributed by atoms with Crippen molar-refractivity contribution in [1.29, 1.82) is 0 Å². The Labute approximate surface area is 146 Å². The number of hydrogen-bond acceptors (Lipinski definition) is 2. The lowest BCUT2D eigenvalue weighted by atomic mass is 10.1. The Morgan fingerprint density at radius 2 is 1.22 bits per heavy atom. The summed E-state index contributed by atoms with van der Waals surface area (Å²) in [5, 5.41) is 12.4. The molecule has 0 spiro atoms. The molecule has 0 amide bonds. The van der Waals surface area contributed by atoms with Gasteiger partial charge in [-0.15, -0.1) is 0 Å². The van der Waals surface area contributed by atoms with Gasteiger partial charge in [-0.05, 0) is 45.6 Å². The van der Waals surface area contributed by atoms with Gasteiger partial charge in [0.25, 0.3) is 0 Å². The van der Waals surface area contributed by atoms with Gasteiger partial charge in [0, 0.05) is 6.54 Å². The molecule has 0 aliphatic carbocycles. The van der Waals surface area contributed by atoms with Crippen LogP contribution in [0.25, 0.3) is 0 Å².